The summed E-state index contributed by atoms with van der Waals surface area (Å²) in [6.07, 6.45) is 2.29. The van der Waals surface area contributed by atoms with E-state index in [9.17, 15) is 4.79 Å². The number of thioether (sulfide) groups is 1. The van der Waals surface area contributed by atoms with Gasteiger partial charge in [-0.05, 0) is 53.0 Å². The van der Waals surface area contributed by atoms with Crippen molar-refractivity contribution in [1.29, 1.82) is 0 Å². The summed E-state index contributed by atoms with van der Waals surface area (Å²) in [5.41, 5.74) is 1.06. The first kappa shape index (κ1) is 18.9. The number of aryl methyl sites for hydroxylation is 1. The number of carbonyl (C=O) groups excluding carboxylic acids is 1. The molecule has 2 aromatic heterocycles. The zero-order valence-corrected chi connectivity index (χ0v) is 17.7. The van der Waals surface area contributed by atoms with Crippen LogP contribution < -0.4 is 5.32 Å². The van der Waals surface area contributed by atoms with Crippen molar-refractivity contribution in [2.45, 2.75) is 25.0 Å². The highest BCUT2D eigenvalue weighted by Gasteiger charge is 2.05. The molecule has 0 saturated heterocycles. The van der Waals surface area contributed by atoms with Crippen molar-refractivity contribution in [3.05, 3.63) is 50.1 Å². The molecule has 1 N–H and O–H groups in total. The molecule has 0 bridgehead atoms. The number of aromatic nitrogens is 1. The Balaban J connectivity index is 1.27. The summed E-state index contributed by atoms with van der Waals surface area (Å²) in [5, 5.41) is 4.12. The summed E-state index contributed by atoms with van der Waals surface area (Å²) in [4.78, 5) is 17.9. The molecule has 2 heterocycles. The Kier molecular flexibility index (Phi) is 7.34. The maximum atomic E-state index is 11.9. The van der Waals surface area contributed by atoms with E-state index in [4.69, 9.17) is 0 Å². The number of nitrogens with zero attached hydrogens (tertiary/aromatic N) is 1. The quantitative estimate of drug-likeness (QED) is 0.434. The van der Waals surface area contributed by atoms with Crippen molar-refractivity contribution in [2.24, 2.45) is 0 Å². The summed E-state index contributed by atoms with van der Waals surface area (Å²) >= 11 is 8.81. The van der Waals surface area contributed by atoms with Crippen molar-refractivity contribution in [1.82, 2.24) is 10.3 Å². The van der Waals surface area contributed by atoms with E-state index in [1.165, 1.54) is 13.4 Å². The van der Waals surface area contributed by atoms with E-state index in [2.05, 4.69) is 44.4 Å². The first-order valence-corrected chi connectivity index (χ1v) is 11.7. The highest BCUT2D eigenvalue weighted by Crippen LogP contribution is 2.25. The number of nitrogens with one attached hydrogen (secondary N) is 1. The molecule has 0 atom stereocenters. The highest BCUT2D eigenvalue weighted by molar-refractivity contribution is 9.11. The predicted molar refractivity (Wildman–Crippen MR) is 114 cm³/mol. The lowest BCUT2D eigenvalue weighted by Crippen LogP contribution is -2.25. The second-order valence-corrected chi connectivity index (χ2v) is 10.3. The minimum absolute atomic E-state index is 0.139. The molecule has 3 rings (SSSR count). The van der Waals surface area contributed by atoms with Gasteiger partial charge < -0.3 is 5.32 Å². The van der Waals surface area contributed by atoms with Crippen LogP contribution in [-0.2, 0) is 17.0 Å². The Morgan fingerprint density at radius 3 is 2.88 bits per heavy atom. The first-order chi connectivity index (χ1) is 12.2. The molecule has 0 fully saturated rings. The third-order valence-electron chi connectivity index (χ3n) is 3.57. The summed E-state index contributed by atoms with van der Waals surface area (Å²) in [6, 6.07) is 12.4. The van der Waals surface area contributed by atoms with Crippen LogP contribution in [0.2, 0.25) is 0 Å². The molecule has 0 aliphatic heterocycles. The standard InChI is InChI=1S/C18H19BrN2OS3/c19-16-9-8-13(24-16)12-23-11-10-20-17(22)6-3-7-18-21-14-4-1-2-5-15(14)25-18/h1-2,4-5,8-9H,3,6-7,10-12H2,(H,20,22). The van der Waals surface area contributed by atoms with E-state index in [1.807, 2.05) is 30.0 Å². The highest BCUT2D eigenvalue weighted by atomic mass is 79.9. The van der Waals surface area contributed by atoms with Gasteiger partial charge in [0.1, 0.15) is 0 Å². The largest absolute Gasteiger partial charge is 0.355 e. The molecule has 7 heteroatoms. The Morgan fingerprint density at radius 1 is 1.20 bits per heavy atom. The number of hydrogen-bond acceptors (Lipinski definition) is 5. The number of thiophene rings is 1. The normalized spacial score (nSPS) is 11.1. The maximum Gasteiger partial charge on any atom is 0.220 e. The van der Waals surface area contributed by atoms with Crippen LogP contribution in [0.25, 0.3) is 10.2 Å². The number of thiazole rings is 1. The van der Waals surface area contributed by atoms with Gasteiger partial charge in [0.05, 0.1) is 19.0 Å². The molecule has 0 aliphatic carbocycles. The number of amides is 1. The van der Waals surface area contributed by atoms with Crippen LogP contribution in [0, 0.1) is 0 Å². The number of hydrogen-bond donors (Lipinski definition) is 1. The molecule has 1 amide bonds. The fraction of sp³-hybridized carbons (Fsp3) is 0.333. The first-order valence-electron chi connectivity index (χ1n) is 8.14. The molecule has 3 nitrogen and oxygen atoms in total. The van der Waals surface area contributed by atoms with Gasteiger partial charge in [0.15, 0.2) is 0 Å². The number of para-hydroxylation sites is 1. The molecule has 132 valence electrons. The zero-order chi connectivity index (χ0) is 17.5. The van der Waals surface area contributed by atoms with Crippen molar-refractivity contribution in [3.8, 4) is 0 Å². The van der Waals surface area contributed by atoms with Crippen LogP contribution in [0.5, 0.6) is 0 Å². The molecule has 3 aromatic rings. The van der Waals surface area contributed by atoms with E-state index < -0.39 is 0 Å². The smallest absolute Gasteiger partial charge is 0.220 e. The van der Waals surface area contributed by atoms with E-state index in [0.717, 1.165) is 41.4 Å². The van der Waals surface area contributed by atoms with E-state index >= 15 is 0 Å². The van der Waals surface area contributed by atoms with Crippen molar-refractivity contribution in [3.63, 3.8) is 0 Å². The van der Waals surface area contributed by atoms with Gasteiger partial charge in [-0.15, -0.1) is 22.7 Å². The lowest BCUT2D eigenvalue weighted by Gasteiger charge is -2.04. The second-order valence-electron chi connectivity index (χ2n) is 5.54. The average molecular weight is 455 g/mol. The summed E-state index contributed by atoms with van der Waals surface area (Å²) in [7, 11) is 0. The third kappa shape index (κ3) is 6.09. The minimum Gasteiger partial charge on any atom is -0.355 e. The van der Waals surface area contributed by atoms with Gasteiger partial charge in [0.25, 0.3) is 0 Å². The average Bonchev–Trinajstić information content (AvgIpc) is 3.20. The summed E-state index contributed by atoms with van der Waals surface area (Å²) < 4.78 is 2.39. The lowest BCUT2D eigenvalue weighted by molar-refractivity contribution is -0.121. The molecular weight excluding hydrogens is 436 g/mol. The number of fused-ring (bicyclic) bond motifs is 1. The van der Waals surface area contributed by atoms with Crippen molar-refractivity contribution in [2.75, 3.05) is 12.3 Å². The third-order valence-corrected chi connectivity index (χ3v) is 7.48. The van der Waals surface area contributed by atoms with Crippen molar-refractivity contribution < 1.29 is 4.79 Å². The van der Waals surface area contributed by atoms with Crippen LogP contribution in [-0.4, -0.2) is 23.2 Å². The zero-order valence-electron chi connectivity index (χ0n) is 13.7. The number of rotatable bonds is 9. The van der Waals surface area contributed by atoms with Crippen LogP contribution in [0.1, 0.15) is 22.7 Å². The topological polar surface area (TPSA) is 42.0 Å². The Labute approximate surface area is 168 Å². The van der Waals surface area contributed by atoms with Gasteiger partial charge in [-0.1, -0.05) is 12.1 Å². The Bertz CT molecular complexity index is 797. The summed E-state index contributed by atoms with van der Waals surface area (Å²) in [5.74, 6) is 2.09. The van der Waals surface area contributed by atoms with Gasteiger partial charge in [-0.25, -0.2) is 4.98 Å². The maximum absolute atomic E-state index is 11.9. The molecular formula is C18H19BrN2OS3. The fourth-order valence-electron chi connectivity index (χ4n) is 2.38. The molecule has 1 aromatic carbocycles. The summed E-state index contributed by atoms with van der Waals surface area (Å²) in [6.45, 7) is 0.733. The van der Waals surface area contributed by atoms with Crippen LogP contribution in [0.15, 0.2) is 40.2 Å². The van der Waals surface area contributed by atoms with Crippen LogP contribution in [0.4, 0.5) is 0 Å². The Hall–Kier alpha value is -0.890. The second kappa shape index (κ2) is 9.71. The molecule has 25 heavy (non-hydrogen) atoms. The van der Waals surface area contributed by atoms with Gasteiger partial charge in [-0.3, -0.25) is 4.79 Å². The van der Waals surface area contributed by atoms with Gasteiger partial charge in [-0.2, -0.15) is 11.8 Å². The van der Waals surface area contributed by atoms with E-state index in [-0.39, 0.29) is 5.91 Å². The predicted octanol–water partition coefficient (Wildman–Crippen LogP) is 5.49. The number of halogens is 1. The van der Waals surface area contributed by atoms with Crippen molar-refractivity contribution >= 4 is 66.5 Å². The molecule has 0 radical (unpaired) electrons. The lowest BCUT2D eigenvalue weighted by atomic mass is 10.2. The van der Waals surface area contributed by atoms with E-state index in [0.29, 0.717) is 6.42 Å². The fourth-order valence-corrected chi connectivity index (χ4v) is 5.84. The van der Waals surface area contributed by atoms with E-state index in [1.54, 1.807) is 22.7 Å². The number of benzene rings is 1. The SMILES string of the molecule is O=C(CCCc1nc2ccccc2s1)NCCSCc1ccc(Br)s1. The van der Waals surface area contributed by atoms with Crippen LogP contribution in [0.3, 0.4) is 0 Å². The van der Waals surface area contributed by atoms with Gasteiger partial charge in [0, 0.05) is 29.3 Å². The van der Waals surface area contributed by atoms with Gasteiger partial charge in [0.2, 0.25) is 5.91 Å². The molecule has 0 spiro atoms. The molecule has 0 saturated carbocycles. The molecule has 0 unspecified atom stereocenters. The number of carbonyl (C=O) groups is 1. The monoisotopic (exact) mass is 454 g/mol. The minimum atomic E-state index is 0.139. The molecule has 0 aliphatic rings. The Morgan fingerprint density at radius 2 is 2.08 bits per heavy atom. The van der Waals surface area contributed by atoms with Crippen LogP contribution >= 0.6 is 50.4 Å². The van der Waals surface area contributed by atoms with Gasteiger partial charge >= 0.3 is 0 Å².